The zero-order valence-electron chi connectivity index (χ0n) is 11.4. The van der Waals surface area contributed by atoms with Crippen molar-refractivity contribution in [1.82, 2.24) is 35.7 Å². The number of hydrogen-bond donors (Lipinski definition) is 2. The molecule has 2 N–H and O–H groups in total. The van der Waals surface area contributed by atoms with E-state index in [2.05, 4.69) is 31.0 Å². The lowest BCUT2D eigenvalue weighted by Gasteiger charge is -2.10. The molecule has 0 aliphatic carbocycles. The predicted octanol–water partition coefficient (Wildman–Crippen LogP) is -0.0301. The lowest BCUT2D eigenvalue weighted by molar-refractivity contribution is -0.121. The summed E-state index contributed by atoms with van der Waals surface area (Å²) in [7, 11) is 1.87. The molecule has 0 saturated carbocycles. The predicted molar refractivity (Wildman–Crippen MR) is 67.1 cm³/mol. The number of H-pyrrole nitrogens is 1. The van der Waals surface area contributed by atoms with E-state index in [9.17, 15) is 4.79 Å². The molecule has 102 valence electrons. The van der Waals surface area contributed by atoms with Crippen LogP contribution >= 0.6 is 0 Å². The van der Waals surface area contributed by atoms with Gasteiger partial charge in [-0.25, -0.2) is 0 Å². The van der Waals surface area contributed by atoms with Crippen LogP contribution in [0.25, 0.3) is 0 Å². The van der Waals surface area contributed by atoms with Gasteiger partial charge in [0.05, 0.1) is 18.2 Å². The van der Waals surface area contributed by atoms with Gasteiger partial charge in [-0.15, -0.1) is 10.2 Å². The van der Waals surface area contributed by atoms with Crippen molar-refractivity contribution in [2.45, 2.75) is 33.2 Å². The van der Waals surface area contributed by atoms with E-state index in [-0.39, 0.29) is 11.9 Å². The molecule has 0 aliphatic rings. The first-order valence-corrected chi connectivity index (χ1v) is 6.00. The Bertz CT molecular complexity index is 572. The number of rotatable bonds is 4. The summed E-state index contributed by atoms with van der Waals surface area (Å²) in [5.41, 5.74) is 2.84. The Morgan fingerprint density at radius 2 is 2.21 bits per heavy atom. The van der Waals surface area contributed by atoms with E-state index in [4.69, 9.17) is 0 Å². The van der Waals surface area contributed by atoms with E-state index in [1.54, 1.807) is 4.68 Å². The minimum absolute atomic E-state index is 0.0866. The highest BCUT2D eigenvalue weighted by Crippen LogP contribution is 2.13. The van der Waals surface area contributed by atoms with Gasteiger partial charge in [0.15, 0.2) is 5.82 Å². The van der Waals surface area contributed by atoms with Crippen molar-refractivity contribution in [2.24, 2.45) is 7.05 Å². The van der Waals surface area contributed by atoms with Gasteiger partial charge >= 0.3 is 0 Å². The second-order valence-corrected chi connectivity index (χ2v) is 4.51. The van der Waals surface area contributed by atoms with Crippen molar-refractivity contribution >= 4 is 5.91 Å². The first-order chi connectivity index (χ1) is 8.99. The minimum Gasteiger partial charge on any atom is -0.346 e. The maximum atomic E-state index is 12.0. The van der Waals surface area contributed by atoms with Gasteiger partial charge in [0.1, 0.15) is 0 Å². The second-order valence-electron chi connectivity index (χ2n) is 4.51. The van der Waals surface area contributed by atoms with Crippen LogP contribution in [0.2, 0.25) is 0 Å². The number of nitrogens with one attached hydrogen (secondary N) is 2. The number of hydrogen-bond acceptors (Lipinski definition) is 5. The third kappa shape index (κ3) is 2.78. The van der Waals surface area contributed by atoms with Crippen LogP contribution in [0.5, 0.6) is 0 Å². The standard InChI is InChI=1S/C11H17N7O/c1-6-9(8(3)18(4)15-6)5-10(19)12-7(2)11-13-16-17-14-11/h7H,5H2,1-4H3,(H,12,19)(H,13,14,16,17). The van der Waals surface area contributed by atoms with Crippen LogP contribution in [-0.2, 0) is 18.3 Å². The van der Waals surface area contributed by atoms with Crippen LogP contribution in [0, 0.1) is 13.8 Å². The average molecular weight is 263 g/mol. The first-order valence-electron chi connectivity index (χ1n) is 6.00. The number of nitrogens with zero attached hydrogens (tertiary/aromatic N) is 5. The fourth-order valence-electron chi connectivity index (χ4n) is 1.94. The van der Waals surface area contributed by atoms with Crippen molar-refractivity contribution in [3.8, 4) is 0 Å². The normalized spacial score (nSPS) is 12.4. The number of aromatic amines is 1. The average Bonchev–Trinajstić information content (AvgIpc) is 2.94. The number of tetrazole rings is 1. The summed E-state index contributed by atoms with van der Waals surface area (Å²) in [6.45, 7) is 5.66. The lowest BCUT2D eigenvalue weighted by Crippen LogP contribution is -2.29. The molecule has 8 nitrogen and oxygen atoms in total. The first kappa shape index (κ1) is 13.2. The summed E-state index contributed by atoms with van der Waals surface area (Å²) in [5.74, 6) is 0.379. The monoisotopic (exact) mass is 263 g/mol. The number of amides is 1. The minimum atomic E-state index is -0.275. The van der Waals surface area contributed by atoms with Gasteiger partial charge in [-0.2, -0.15) is 10.3 Å². The molecule has 0 spiro atoms. The van der Waals surface area contributed by atoms with Crippen molar-refractivity contribution in [2.75, 3.05) is 0 Å². The largest absolute Gasteiger partial charge is 0.346 e. The summed E-state index contributed by atoms with van der Waals surface area (Å²) >= 11 is 0. The maximum Gasteiger partial charge on any atom is 0.225 e. The molecular formula is C11H17N7O. The third-order valence-electron chi connectivity index (χ3n) is 3.12. The Morgan fingerprint density at radius 3 is 2.74 bits per heavy atom. The molecule has 0 bridgehead atoms. The van der Waals surface area contributed by atoms with Gasteiger partial charge < -0.3 is 5.32 Å². The number of carbonyl (C=O) groups is 1. The van der Waals surface area contributed by atoms with Gasteiger partial charge in [-0.05, 0) is 20.8 Å². The highest BCUT2D eigenvalue weighted by Gasteiger charge is 2.17. The Labute approximate surface area is 110 Å². The number of aryl methyl sites for hydroxylation is 2. The Balaban J connectivity index is 2.02. The fourth-order valence-corrected chi connectivity index (χ4v) is 1.94. The van der Waals surface area contributed by atoms with E-state index in [0.29, 0.717) is 12.2 Å². The van der Waals surface area contributed by atoms with Gasteiger partial charge in [-0.3, -0.25) is 9.48 Å². The van der Waals surface area contributed by atoms with E-state index < -0.39 is 0 Å². The molecule has 0 aromatic carbocycles. The van der Waals surface area contributed by atoms with Crippen molar-refractivity contribution in [3.63, 3.8) is 0 Å². The summed E-state index contributed by atoms with van der Waals surface area (Å²) in [5, 5.41) is 20.6. The summed E-state index contributed by atoms with van der Waals surface area (Å²) in [6, 6.07) is -0.275. The molecule has 2 aromatic rings. The van der Waals surface area contributed by atoms with Crippen LogP contribution in [0.4, 0.5) is 0 Å². The fraction of sp³-hybridized carbons (Fsp3) is 0.545. The Hall–Kier alpha value is -2.25. The molecular weight excluding hydrogens is 246 g/mol. The lowest BCUT2D eigenvalue weighted by atomic mass is 10.1. The number of aromatic nitrogens is 6. The number of carbonyl (C=O) groups excluding carboxylic acids is 1. The molecule has 8 heteroatoms. The summed E-state index contributed by atoms with van der Waals surface area (Å²) < 4.78 is 1.78. The zero-order valence-corrected chi connectivity index (χ0v) is 11.4. The molecule has 0 radical (unpaired) electrons. The van der Waals surface area contributed by atoms with Crippen LogP contribution in [0.3, 0.4) is 0 Å². The maximum absolute atomic E-state index is 12.0. The highest BCUT2D eigenvalue weighted by molar-refractivity contribution is 5.79. The van der Waals surface area contributed by atoms with Gasteiger partial charge in [0.2, 0.25) is 5.91 Å². The molecule has 0 fully saturated rings. The molecule has 1 atom stereocenters. The smallest absolute Gasteiger partial charge is 0.225 e. The van der Waals surface area contributed by atoms with E-state index >= 15 is 0 Å². The third-order valence-corrected chi connectivity index (χ3v) is 3.12. The molecule has 1 amide bonds. The molecule has 1 unspecified atom stereocenters. The zero-order chi connectivity index (χ0) is 14.0. The van der Waals surface area contributed by atoms with Crippen LogP contribution in [0.15, 0.2) is 0 Å². The Kier molecular flexibility index (Phi) is 3.59. The van der Waals surface area contributed by atoms with Crippen molar-refractivity contribution in [3.05, 3.63) is 22.8 Å². The summed E-state index contributed by atoms with van der Waals surface area (Å²) in [4.78, 5) is 12.0. The van der Waals surface area contributed by atoms with Crippen molar-refractivity contribution < 1.29 is 4.79 Å². The highest BCUT2D eigenvalue weighted by atomic mass is 16.1. The van der Waals surface area contributed by atoms with Crippen LogP contribution in [0.1, 0.15) is 35.7 Å². The quantitative estimate of drug-likeness (QED) is 0.806. The van der Waals surface area contributed by atoms with Crippen LogP contribution in [-0.4, -0.2) is 36.3 Å². The summed E-state index contributed by atoms with van der Waals surface area (Å²) in [6.07, 6.45) is 0.299. The molecule has 2 rings (SSSR count). The molecule has 0 aliphatic heterocycles. The van der Waals surface area contributed by atoms with Crippen molar-refractivity contribution in [1.29, 1.82) is 0 Å². The molecule has 0 saturated heterocycles. The van der Waals surface area contributed by atoms with Gasteiger partial charge in [0.25, 0.3) is 0 Å². The topological polar surface area (TPSA) is 101 Å². The van der Waals surface area contributed by atoms with Gasteiger partial charge in [-0.1, -0.05) is 5.21 Å². The molecule has 2 heterocycles. The van der Waals surface area contributed by atoms with Gasteiger partial charge in [0, 0.05) is 18.3 Å². The SMILES string of the molecule is Cc1nn(C)c(C)c1CC(=O)NC(C)c1nn[nH]n1. The van der Waals surface area contributed by atoms with E-state index in [1.165, 1.54) is 0 Å². The van der Waals surface area contributed by atoms with E-state index in [1.807, 2.05) is 27.8 Å². The van der Waals surface area contributed by atoms with E-state index in [0.717, 1.165) is 17.0 Å². The van der Waals surface area contributed by atoms with Crippen LogP contribution < -0.4 is 5.32 Å². The Morgan fingerprint density at radius 1 is 1.47 bits per heavy atom. The molecule has 19 heavy (non-hydrogen) atoms. The second kappa shape index (κ2) is 5.17. The molecule has 2 aromatic heterocycles.